The van der Waals surface area contributed by atoms with E-state index in [0.717, 1.165) is 5.56 Å². The minimum atomic E-state index is -1.01. The van der Waals surface area contributed by atoms with Crippen LogP contribution in [0.15, 0.2) is 30.3 Å². The van der Waals surface area contributed by atoms with Gasteiger partial charge in [0.25, 0.3) is 0 Å². The molecule has 6 nitrogen and oxygen atoms in total. The maximum Gasteiger partial charge on any atom is 0.303 e. The molecule has 0 aliphatic heterocycles. The van der Waals surface area contributed by atoms with Crippen LogP contribution in [-0.2, 0) is 20.8 Å². The second-order valence-electron chi connectivity index (χ2n) is 4.48. The molecule has 0 radical (unpaired) electrons. The summed E-state index contributed by atoms with van der Waals surface area (Å²) < 4.78 is 0. The SMILES string of the molecule is N[C@@H](Cc1ccccc1)C(=O)N[C@H](C=O)CCC(=O)O. The summed E-state index contributed by atoms with van der Waals surface area (Å²) in [5.74, 6) is -1.48. The number of amides is 1. The van der Waals surface area contributed by atoms with Gasteiger partial charge in [-0.15, -0.1) is 0 Å². The van der Waals surface area contributed by atoms with Crippen molar-refractivity contribution in [1.82, 2.24) is 5.32 Å². The van der Waals surface area contributed by atoms with Gasteiger partial charge in [0.05, 0.1) is 12.1 Å². The third-order valence-corrected chi connectivity index (χ3v) is 2.80. The van der Waals surface area contributed by atoms with Crippen molar-refractivity contribution in [2.45, 2.75) is 31.3 Å². The lowest BCUT2D eigenvalue weighted by Crippen LogP contribution is -2.47. The van der Waals surface area contributed by atoms with Gasteiger partial charge in [0.1, 0.15) is 6.29 Å². The number of carbonyl (C=O) groups is 3. The summed E-state index contributed by atoms with van der Waals surface area (Å²) in [5, 5.41) is 11.0. The Bertz CT molecular complexity index is 462. The van der Waals surface area contributed by atoms with Crippen molar-refractivity contribution in [3.8, 4) is 0 Å². The molecule has 0 saturated carbocycles. The van der Waals surface area contributed by atoms with Crippen LogP contribution < -0.4 is 11.1 Å². The average molecular weight is 278 g/mol. The van der Waals surface area contributed by atoms with Crippen LogP contribution in [0, 0.1) is 0 Å². The van der Waals surface area contributed by atoms with Gasteiger partial charge in [0.2, 0.25) is 5.91 Å². The summed E-state index contributed by atoms with van der Waals surface area (Å²) in [7, 11) is 0. The van der Waals surface area contributed by atoms with Crippen molar-refractivity contribution in [2.75, 3.05) is 0 Å². The van der Waals surface area contributed by atoms with E-state index >= 15 is 0 Å². The van der Waals surface area contributed by atoms with Gasteiger partial charge in [-0.05, 0) is 18.4 Å². The number of aldehydes is 1. The largest absolute Gasteiger partial charge is 0.481 e. The molecule has 0 fully saturated rings. The van der Waals surface area contributed by atoms with Crippen LogP contribution in [0.1, 0.15) is 18.4 Å². The number of hydrogen-bond donors (Lipinski definition) is 3. The number of aliphatic carboxylic acids is 1. The quantitative estimate of drug-likeness (QED) is 0.584. The molecule has 2 atom stereocenters. The van der Waals surface area contributed by atoms with Gasteiger partial charge >= 0.3 is 5.97 Å². The molecule has 6 heteroatoms. The summed E-state index contributed by atoms with van der Waals surface area (Å²) in [6.07, 6.45) is 0.757. The van der Waals surface area contributed by atoms with E-state index in [1.165, 1.54) is 0 Å². The van der Waals surface area contributed by atoms with Gasteiger partial charge in [0, 0.05) is 6.42 Å². The van der Waals surface area contributed by atoms with Crippen LogP contribution in [-0.4, -0.2) is 35.4 Å². The normalized spacial score (nSPS) is 13.2. The Labute approximate surface area is 117 Å². The zero-order chi connectivity index (χ0) is 15.0. The Morgan fingerprint density at radius 3 is 2.50 bits per heavy atom. The minimum Gasteiger partial charge on any atom is -0.481 e. The summed E-state index contributed by atoms with van der Waals surface area (Å²) >= 11 is 0. The number of rotatable bonds is 8. The van der Waals surface area contributed by atoms with Gasteiger partial charge < -0.3 is 21.0 Å². The molecule has 0 spiro atoms. The first kappa shape index (κ1) is 15.8. The predicted molar refractivity (Wildman–Crippen MR) is 73.0 cm³/mol. The molecule has 4 N–H and O–H groups in total. The molecular weight excluding hydrogens is 260 g/mol. The fourth-order valence-corrected chi connectivity index (χ4v) is 1.70. The van der Waals surface area contributed by atoms with Crippen LogP contribution in [0.25, 0.3) is 0 Å². The molecule has 0 saturated heterocycles. The molecule has 0 aromatic heterocycles. The number of nitrogens with two attached hydrogens (primary N) is 1. The molecule has 1 aromatic rings. The second kappa shape index (κ2) is 8.06. The summed E-state index contributed by atoms with van der Waals surface area (Å²) in [5.41, 5.74) is 6.68. The lowest BCUT2D eigenvalue weighted by molar-refractivity contribution is -0.137. The molecule has 108 valence electrons. The molecule has 0 heterocycles. The first-order valence-electron chi connectivity index (χ1n) is 6.30. The van der Waals surface area contributed by atoms with Crippen LogP contribution >= 0.6 is 0 Å². The molecule has 0 bridgehead atoms. The van der Waals surface area contributed by atoms with E-state index in [-0.39, 0.29) is 12.8 Å². The molecule has 20 heavy (non-hydrogen) atoms. The van der Waals surface area contributed by atoms with Crippen LogP contribution in [0.2, 0.25) is 0 Å². The van der Waals surface area contributed by atoms with Crippen LogP contribution in [0.4, 0.5) is 0 Å². The molecular formula is C14H18N2O4. The number of benzene rings is 1. The Balaban J connectivity index is 2.47. The minimum absolute atomic E-state index is 0.0582. The Morgan fingerprint density at radius 1 is 1.30 bits per heavy atom. The second-order valence-corrected chi connectivity index (χ2v) is 4.48. The fraction of sp³-hybridized carbons (Fsp3) is 0.357. The van der Waals surface area contributed by atoms with E-state index in [9.17, 15) is 14.4 Å². The molecule has 0 aliphatic rings. The van der Waals surface area contributed by atoms with Crippen LogP contribution in [0.3, 0.4) is 0 Å². The number of carboxylic acid groups (broad SMARTS) is 1. The monoisotopic (exact) mass is 278 g/mol. The lowest BCUT2D eigenvalue weighted by atomic mass is 10.1. The average Bonchev–Trinajstić information content (AvgIpc) is 2.44. The van der Waals surface area contributed by atoms with Gasteiger partial charge in [-0.1, -0.05) is 30.3 Å². The predicted octanol–water partition coefficient (Wildman–Crippen LogP) is 0.105. The highest BCUT2D eigenvalue weighted by Gasteiger charge is 2.18. The van der Waals surface area contributed by atoms with Gasteiger partial charge in [-0.3, -0.25) is 9.59 Å². The van der Waals surface area contributed by atoms with E-state index in [0.29, 0.717) is 12.7 Å². The molecule has 0 aliphatic carbocycles. The zero-order valence-corrected chi connectivity index (χ0v) is 11.0. The van der Waals surface area contributed by atoms with Crippen molar-refractivity contribution < 1.29 is 19.5 Å². The highest BCUT2D eigenvalue weighted by atomic mass is 16.4. The first-order chi connectivity index (χ1) is 9.52. The zero-order valence-electron chi connectivity index (χ0n) is 11.0. The van der Waals surface area contributed by atoms with Crippen molar-refractivity contribution in [3.05, 3.63) is 35.9 Å². The topological polar surface area (TPSA) is 109 Å². The van der Waals surface area contributed by atoms with Gasteiger partial charge in [0.15, 0.2) is 0 Å². The van der Waals surface area contributed by atoms with Crippen molar-refractivity contribution >= 4 is 18.2 Å². The highest BCUT2D eigenvalue weighted by Crippen LogP contribution is 2.03. The summed E-state index contributed by atoms with van der Waals surface area (Å²) in [6.45, 7) is 0. The number of carbonyl (C=O) groups excluding carboxylic acids is 2. The Kier molecular flexibility index (Phi) is 6.39. The highest BCUT2D eigenvalue weighted by molar-refractivity contribution is 5.84. The van der Waals surface area contributed by atoms with E-state index in [4.69, 9.17) is 10.8 Å². The van der Waals surface area contributed by atoms with E-state index < -0.39 is 24.0 Å². The molecule has 1 aromatic carbocycles. The van der Waals surface area contributed by atoms with E-state index in [1.54, 1.807) is 0 Å². The fourth-order valence-electron chi connectivity index (χ4n) is 1.70. The molecule has 1 amide bonds. The van der Waals surface area contributed by atoms with E-state index in [1.807, 2.05) is 30.3 Å². The first-order valence-corrected chi connectivity index (χ1v) is 6.30. The molecule has 1 rings (SSSR count). The summed E-state index contributed by atoms with van der Waals surface area (Å²) in [4.78, 5) is 33.0. The van der Waals surface area contributed by atoms with Crippen molar-refractivity contribution in [1.29, 1.82) is 0 Å². The molecule has 0 unspecified atom stereocenters. The third-order valence-electron chi connectivity index (χ3n) is 2.80. The van der Waals surface area contributed by atoms with Crippen molar-refractivity contribution in [3.63, 3.8) is 0 Å². The smallest absolute Gasteiger partial charge is 0.303 e. The van der Waals surface area contributed by atoms with Gasteiger partial charge in [-0.25, -0.2) is 0 Å². The Hall–Kier alpha value is -2.21. The number of hydrogen-bond acceptors (Lipinski definition) is 4. The van der Waals surface area contributed by atoms with Crippen LogP contribution in [0.5, 0.6) is 0 Å². The summed E-state index contributed by atoms with van der Waals surface area (Å²) in [6, 6.07) is 7.68. The Morgan fingerprint density at radius 2 is 1.95 bits per heavy atom. The maximum absolute atomic E-state index is 11.8. The number of carboxylic acids is 1. The van der Waals surface area contributed by atoms with Gasteiger partial charge in [-0.2, -0.15) is 0 Å². The van der Waals surface area contributed by atoms with Crippen molar-refractivity contribution in [2.24, 2.45) is 5.73 Å². The standard InChI is InChI=1S/C14H18N2O4/c15-12(8-10-4-2-1-3-5-10)14(20)16-11(9-17)6-7-13(18)19/h1-5,9,11-12H,6-8,15H2,(H,16,20)(H,18,19)/t11-,12-/m0/s1. The lowest BCUT2D eigenvalue weighted by Gasteiger charge is -2.16. The third kappa shape index (κ3) is 5.62. The van der Waals surface area contributed by atoms with E-state index in [2.05, 4.69) is 5.32 Å². The maximum atomic E-state index is 11.8. The number of nitrogens with one attached hydrogen (secondary N) is 1.